The van der Waals surface area contributed by atoms with E-state index in [1.165, 1.54) is 6.20 Å². The first-order chi connectivity index (χ1) is 17.4. The molecule has 3 heterocycles. The van der Waals surface area contributed by atoms with Gasteiger partial charge in [0.15, 0.2) is 5.75 Å². The molecule has 36 heavy (non-hydrogen) atoms. The number of nitrogens with one attached hydrogen (secondary N) is 1. The smallest absolute Gasteiger partial charge is 0.231 e. The highest BCUT2D eigenvalue weighted by Gasteiger charge is 2.29. The van der Waals surface area contributed by atoms with Crippen molar-refractivity contribution in [3.8, 4) is 23.1 Å². The van der Waals surface area contributed by atoms with Gasteiger partial charge in [-0.05, 0) is 43.3 Å². The van der Waals surface area contributed by atoms with E-state index in [9.17, 15) is 15.2 Å². The maximum Gasteiger partial charge on any atom is 0.231 e. The summed E-state index contributed by atoms with van der Waals surface area (Å²) in [6.45, 7) is 5.66. The molecule has 0 bridgehead atoms. The number of carbonyl (C=O) groups is 1. The molecule has 0 aliphatic carbocycles. The Labute approximate surface area is 212 Å². The SMILES string of the molecule is C=N/C(Cl)=C(\C=C/C)CC(=O)N1CCc2cc(-c3nc(Nc4ccnn4C)ncc3O)cc(C#N)c21. The van der Waals surface area contributed by atoms with E-state index in [2.05, 4.69) is 38.2 Å². The van der Waals surface area contributed by atoms with E-state index in [0.29, 0.717) is 41.2 Å². The highest BCUT2D eigenvalue weighted by atomic mass is 35.5. The number of aliphatic imine (C=N–C) groups is 1. The molecule has 1 amide bonds. The van der Waals surface area contributed by atoms with Gasteiger partial charge in [0.1, 0.15) is 22.7 Å². The first-order valence-corrected chi connectivity index (χ1v) is 11.4. The molecule has 1 aliphatic heterocycles. The number of fused-ring (bicyclic) bond motifs is 1. The zero-order chi connectivity index (χ0) is 25.8. The summed E-state index contributed by atoms with van der Waals surface area (Å²) in [5, 5.41) is 27.7. The van der Waals surface area contributed by atoms with Crippen LogP contribution < -0.4 is 10.2 Å². The van der Waals surface area contributed by atoms with E-state index in [4.69, 9.17) is 11.6 Å². The molecule has 0 saturated carbocycles. The number of benzene rings is 1. The quantitative estimate of drug-likeness (QED) is 0.281. The highest BCUT2D eigenvalue weighted by molar-refractivity contribution is 6.30. The lowest BCUT2D eigenvalue weighted by Crippen LogP contribution is -2.29. The second-order valence-corrected chi connectivity index (χ2v) is 8.34. The zero-order valence-electron chi connectivity index (χ0n) is 19.7. The van der Waals surface area contributed by atoms with E-state index in [1.54, 1.807) is 47.1 Å². The average Bonchev–Trinajstić information content (AvgIpc) is 3.49. The van der Waals surface area contributed by atoms with Gasteiger partial charge < -0.3 is 15.3 Å². The van der Waals surface area contributed by atoms with Gasteiger partial charge in [0.05, 0.1) is 30.1 Å². The van der Waals surface area contributed by atoms with E-state index < -0.39 is 0 Å². The molecule has 1 aliphatic rings. The number of anilines is 3. The highest BCUT2D eigenvalue weighted by Crippen LogP contribution is 2.38. The lowest BCUT2D eigenvalue weighted by Gasteiger charge is -2.19. The number of hydrogen-bond donors (Lipinski definition) is 2. The average molecular weight is 503 g/mol. The van der Waals surface area contributed by atoms with Crippen molar-refractivity contribution in [1.29, 1.82) is 5.26 Å². The Bertz CT molecular complexity index is 1450. The van der Waals surface area contributed by atoms with Gasteiger partial charge >= 0.3 is 0 Å². The van der Waals surface area contributed by atoms with Crippen molar-refractivity contribution in [3.05, 3.63) is 64.6 Å². The Morgan fingerprint density at radius 3 is 2.92 bits per heavy atom. The second-order valence-electron chi connectivity index (χ2n) is 7.98. The minimum Gasteiger partial charge on any atom is -0.504 e. The van der Waals surface area contributed by atoms with E-state index in [1.807, 2.05) is 13.0 Å². The van der Waals surface area contributed by atoms with Crippen molar-refractivity contribution < 1.29 is 9.90 Å². The maximum absolute atomic E-state index is 13.2. The van der Waals surface area contributed by atoms with Gasteiger partial charge in [0.2, 0.25) is 11.9 Å². The van der Waals surface area contributed by atoms with Crippen molar-refractivity contribution in [1.82, 2.24) is 19.7 Å². The summed E-state index contributed by atoms with van der Waals surface area (Å²) < 4.78 is 1.62. The van der Waals surface area contributed by atoms with Gasteiger partial charge in [-0.3, -0.25) is 14.5 Å². The summed E-state index contributed by atoms with van der Waals surface area (Å²) in [5.74, 6) is 0.595. The number of allylic oxidation sites excluding steroid dienone is 2. The summed E-state index contributed by atoms with van der Waals surface area (Å²) in [6.07, 6.45) is 6.98. The molecule has 0 unspecified atom stereocenters. The van der Waals surface area contributed by atoms with E-state index >= 15 is 0 Å². The van der Waals surface area contributed by atoms with Gasteiger partial charge in [-0.15, -0.1) is 0 Å². The van der Waals surface area contributed by atoms with Gasteiger partial charge in [-0.1, -0.05) is 23.8 Å². The molecule has 0 saturated heterocycles. The molecule has 1 aromatic carbocycles. The molecule has 0 fully saturated rings. The first kappa shape index (κ1) is 24.6. The number of aryl methyl sites for hydroxylation is 1. The van der Waals surface area contributed by atoms with Gasteiger partial charge in [0, 0.05) is 25.2 Å². The number of rotatable bonds is 7. The van der Waals surface area contributed by atoms with Crippen LogP contribution >= 0.6 is 11.6 Å². The molecule has 2 N–H and O–H groups in total. The van der Waals surface area contributed by atoms with Crippen molar-refractivity contribution in [2.45, 2.75) is 19.8 Å². The van der Waals surface area contributed by atoms with Crippen LogP contribution in [-0.4, -0.2) is 44.0 Å². The van der Waals surface area contributed by atoms with Gasteiger partial charge in [-0.2, -0.15) is 10.4 Å². The van der Waals surface area contributed by atoms with Crippen molar-refractivity contribution in [2.75, 3.05) is 16.8 Å². The monoisotopic (exact) mass is 502 g/mol. The van der Waals surface area contributed by atoms with Gasteiger partial charge in [-0.25, -0.2) is 9.97 Å². The van der Waals surface area contributed by atoms with Crippen LogP contribution in [0.3, 0.4) is 0 Å². The molecule has 2 aromatic heterocycles. The van der Waals surface area contributed by atoms with Crippen LogP contribution in [0.25, 0.3) is 11.3 Å². The second kappa shape index (κ2) is 10.4. The predicted octanol–water partition coefficient (Wildman–Crippen LogP) is 4.20. The lowest BCUT2D eigenvalue weighted by atomic mass is 10.0. The molecule has 3 aromatic rings. The first-order valence-electron chi connectivity index (χ1n) is 11.0. The fourth-order valence-corrected chi connectivity index (χ4v) is 4.17. The third kappa shape index (κ3) is 4.82. The van der Waals surface area contributed by atoms with Crippen LogP contribution in [0.1, 0.15) is 24.5 Å². The summed E-state index contributed by atoms with van der Waals surface area (Å²) in [7, 11) is 1.77. The van der Waals surface area contributed by atoms with Crippen LogP contribution in [0.5, 0.6) is 5.75 Å². The molecular formula is C25H23ClN8O2. The fourth-order valence-electron chi connectivity index (χ4n) is 4.04. The Balaban J connectivity index is 1.68. The summed E-state index contributed by atoms with van der Waals surface area (Å²) in [5.41, 5.74) is 3.01. The predicted molar refractivity (Wildman–Crippen MR) is 138 cm³/mol. The maximum atomic E-state index is 13.2. The largest absolute Gasteiger partial charge is 0.504 e. The van der Waals surface area contributed by atoms with Crippen molar-refractivity contribution in [2.24, 2.45) is 12.0 Å². The van der Waals surface area contributed by atoms with E-state index in [-0.39, 0.29) is 34.9 Å². The lowest BCUT2D eigenvalue weighted by molar-refractivity contribution is -0.117. The Morgan fingerprint density at radius 2 is 2.25 bits per heavy atom. The minimum absolute atomic E-state index is 0.0179. The topological polar surface area (TPSA) is 132 Å². The number of aromatic hydroxyl groups is 1. The van der Waals surface area contributed by atoms with Crippen molar-refractivity contribution in [3.63, 3.8) is 0 Å². The van der Waals surface area contributed by atoms with Crippen molar-refractivity contribution >= 4 is 41.7 Å². The Morgan fingerprint density at radius 1 is 1.44 bits per heavy atom. The van der Waals surface area contributed by atoms with Crippen LogP contribution in [0.4, 0.5) is 17.5 Å². The standard InChI is InChI=1S/C25H23ClN8O2/c1-4-5-16(24(26)28-2)12-21(36)34-9-7-15-10-17(11-18(13-27)23(15)34)22-19(35)14-29-25(32-22)31-20-6-8-30-33(20)3/h4-6,8,10-11,14,35H,2,7,9,12H2,1,3H3,(H,29,31,32)/b5-4-,24-16+. The third-order valence-corrected chi connectivity index (χ3v) is 6.06. The Kier molecular flexibility index (Phi) is 7.12. The molecule has 0 spiro atoms. The molecule has 4 rings (SSSR count). The number of nitriles is 1. The van der Waals surface area contributed by atoms with Gasteiger partial charge in [0.25, 0.3) is 0 Å². The number of carbonyl (C=O) groups excluding carboxylic acids is 1. The summed E-state index contributed by atoms with van der Waals surface area (Å²) in [6, 6.07) is 7.40. The number of hydrogen-bond acceptors (Lipinski definition) is 8. The van der Waals surface area contributed by atoms with Crippen LogP contribution in [0, 0.1) is 11.3 Å². The number of halogens is 1. The normalized spacial score (nSPS) is 13.3. The number of aromatic nitrogens is 4. The summed E-state index contributed by atoms with van der Waals surface area (Å²) in [4.78, 5) is 27.1. The summed E-state index contributed by atoms with van der Waals surface area (Å²) >= 11 is 6.12. The molecular weight excluding hydrogens is 480 g/mol. The zero-order valence-corrected chi connectivity index (χ0v) is 20.5. The van der Waals surface area contributed by atoms with Crippen LogP contribution in [-0.2, 0) is 18.3 Å². The molecule has 182 valence electrons. The van der Waals surface area contributed by atoms with Crippen LogP contribution in [0.15, 0.2) is 58.5 Å². The Hall–Kier alpha value is -4.49. The molecule has 10 nitrogen and oxygen atoms in total. The number of amides is 1. The third-order valence-electron chi connectivity index (χ3n) is 5.70. The number of nitrogens with zero attached hydrogens (tertiary/aromatic N) is 7. The van der Waals surface area contributed by atoms with E-state index in [0.717, 1.165) is 5.56 Å². The minimum atomic E-state index is -0.208. The van der Waals surface area contributed by atoms with Crippen LogP contribution in [0.2, 0.25) is 0 Å². The molecule has 11 heteroatoms. The molecule has 0 atom stereocenters. The fraction of sp³-hybridized carbons (Fsp3) is 0.200. The molecule has 0 radical (unpaired) electrons.